The third kappa shape index (κ3) is 2.83. The van der Waals surface area contributed by atoms with Crippen molar-refractivity contribution < 1.29 is 4.74 Å². The number of rotatable bonds is 4. The molecule has 1 N–H and O–H groups in total. The fraction of sp³-hybridized carbons (Fsp3) is 0.500. The second kappa shape index (κ2) is 5.61. The molecule has 0 aliphatic heterocycles. The van der Waals surface area contributed by atoms with E-state index in [4.69, 9.17) is 4.74 Å². The lowest BCUT2D eigenvalue weighted by molar-refractivity contribution is -0.00976. The molecule has 0 fully saturated rings. The van der Waals surface area contributed by atoms with E-state index in [-0.39, 0.29) is 17.6 Å². The van der Waals surface area contributed by atoms with E-state index in [1.807, 2.05) is 7.05 Å². The first-order valence-corrected chi connectivity index (χ1v) is 7.53. The first kappa shape index (κ1) is 14.5. The summed E-state index contributed by atoms with van der Waals surface area (Å²) in [6.07, 6.45) is 0.130. The predicted molar refractivity (Wildman–Crippen MR) is 83.9 cm³/mol. The quantitative estimate of drug-likeness (QED) is 0.903. The van der Waals surface area contributed by atoms with Crippen LogP contribution < -0.4 is 5.32 Å². The van der Waals surface area contributed by atoms with Gasteiger partial charge in [-0.3, -0.25) is 0 Å². The second-order valence-corrected chi connectivity index (χ2v) is 6.89. The number of fused-ring (bicyclic) bond motifs is 1. The molecule has 1 heterocycles. The fourth-order valence-corrected chi connectivity index (χ4v) is 3.67. The van der Waals surface area contributed by atoms with E-state index in [9.17, 15) is 0 Å². The van der Waals surface area contributed by atoms with Crippen LogP contribution in [0.15, 0.2) is 29.6 Å². The molecule has 0 amide bonds. The summed E-state index contributed by atoms with van der Waals surface area (Å²) in [6.45, 7) is 6.67. The van der Waals surface area contributed by atoms with Crippen LogP contribution in [-0.2, 0) is 4.74 Å². The molecule has 3 heteroatoms. The van der Waals surface area contributed by atoms with Crippen molar-refractivity contribution in [1.82, 2.24) is 5.32 Å². The molecule has 0 saturated carbocycles. The third-order valence-electron chi connectivity index (χ3n) is 3.57. The topological polar surface area (TPSA) is 21.3 Å². The Morgan fingerprint density at radius 3 is 2.53 bits per heavy atom. The molecule has 0 bridgehead atoms. The van der Waals surface area contributed by atoms with Gasteiger partial charge in [-0.1, -0.05) is 39.0 Å². The zero-order valence-electron chi connectivity index (χ0n) is 12.4. The van der Waals surface area contributed by atoms with Crippen molar-refractivity contribution in [3.8, 4) is 0 Å². The van der Waals surface area contributed by atoms with Crippen LogP contribution in [0.3, 0.4) is 0 Å². The molecule has 0 spiro atoms. The Labute approximate surface area is 119 Å². The highest BCUT2D eigenvalue weighted by Gasteiger charge is 2.33. The van der Waals surface area contributed by atoms with Crippen LogP contribution in [0.25, 0.3) is 10.1 Å². The normalized spacial score (nSPS) is 15.6. The SMILES string of the molecule is CNC(c1cccc2ccsc12)C(OC)C(C)(C)C. The largest absolute Gasteiger partial charge is 0.379 e. The van der Waals surface area contributed by atoms with Gasteiger partial charge in [0.15, 0.2) is 0 Å². The molecule has 19 heavy (non-hydrogen) atoms. The van der Waals surface area contributed by atoms with Gasteiger partial charge in [0.1, 0.15) is 0 Å². The minimum Gasteiger partial charge on any atom is -0.379 e. The zero-order chi connectivity index (χ0) is 14.0. The predicted octanol–water partition coefficient (Wildman–Crippen LogP) is 4.22. The Morgan fingerprint density at radius 1 is 1.21 bits per heavy atom. The number of likely N-dealkylation sites (N-methyl/N-ethyl adjacent to an activating group) is 1. The van der Waals surface area contributed by atoms with Crippen LogP contribution in [0.1, 0.15) is 32.4 Å². The van der Waals surface area contributed by atoms with Crippen LogP contribution in [0.5, 0.6) is 0 Å². The van der Waals surface area contributed by atoms with Crippen LogP contribution in [0, 0.1) is 5.41 Å². The molecule has 2 unspecified atom stereocenters. The zero-order valence-corrected chi connectivity index (χ0v) is 13.2. The van der Waals surface area contributed by atoms with E-state index in [1.54, 1.807) is 18.4 Å². The molecule has 2 rings (SSSR count). The summed E-state index contributed by atoms with van der Waals surface area (Å²) in [5.41, 5.74) is 1.42. The Kier molecular flexibility index (Phi) is 4.29. The van der Waals surface area contributed by atoms with E-state index in [0.717, 1.165) is 0 Å². The summed E-state index contributed by atoms with van der Waals surface area (Å²) in [5.74, 6) is 0. The minimum absolute atomic E-state index is 0.0852. The molecule has 2 aromatic rings. The van der Waals surface area contributed by atoms with Gasteiger partial charge in [-0.05, 0) is 34.9 Å². The summed E-state index contributed by atoms with van der Waals surface area (Å²) in [6, 6.07) is 8.88. The van der Waals surface area contributed by atoms with Gasteiger partial charge in [0.25, 0.3) is 0 Å². The molecular formula is C16H23NOS. The van der Waals surface area contributed by atoms with E-state index in [1.165, 1.54) is 15.6 Å². The molecule has 2 atom stereocenters. The second-order valence-electron chi connectivity index (χ2n) is 5.97. The maximum Gasteiger partial charge on any atom is 0.0814 e. The highest BCUT2D eigenvalue weighted by molar-refractivity contribution is 7.17. The summed E-state index contributed by atoms with van der Waals surface area (Å²) in [4.78, 5) is 0. The van der Waals surface area contributed by atoms with Crippen molar-refractivity contribution in [3.63, 3.8) is 0 Å². The highest BCUT2D eigenvalue weighted by Crippen LogP contribution is 2.36. The Hall–Kier alpha value is -0.900. The van der Waals surface area contributed by atoms with Crippen molar-refractivity contribution in [2.45, 2.75) is 32.9 Å². The number of ether oxygens (including phenoxy) is 1. The first-order chi connectivity index (χ1) is 8.99. The number of hydrogen-bond donors (Lipinski definition) is 1. The molecule has 0 aliphatic rings. The van der Waals surface area contributed by atoms with Gasteiger partial charge in [-0.2, -0.15) is 0 Å². The summed E-state index contributed by atoms with van der Waals surface area (Å²) >= 11 is 1.80. The molecule has 1 aromatic carbocycles. The molecule has 1 aromatic heterocycles. The van der Waals surface area contributed by atoms with Crippen LogP contribution >= 0.6 is 11.3 Å². The Balaban J connectivity index is 2.49. The molecule has 0 saturated heterocycles. The molecular weight excluding hydrogens is 254 g/mol. The Morgan fingerprint density at radius 2 is 1.95 bits per heavy atom. The molecule has 0 radical (unpaired) electrons. The molecule has 2 nitrogen and oxygen atoms in total. The number of hydrogen-bond acceptors (Lipinski definition) is 3. The van der Waals surface area contributed by atoms with Crippen LogP contribution in [-0.4, -0.2) is 20.3 Å². The lowest BCUT2D eigenvalue weighted by Crippen LogP contribution is -2.40. The van der Waals surface area contributed by atoms with Crippen LogP contribution in [0.4, 0.5) is 0 Å². The average Bonchev–Trinajstić information content (AvgIpc) is 2.82. The number of nitrogens with one attached hydrogen (secondary N) is 1. The monoisotopic (exact) mass is 277 g/mol. The first-order valence-electron chi connectivity index (χ1n) is 6.65. The lowest BCUT2D eigenvalue weighted by atomic mass is 9.82. The van der Waals surface area contributed by atoms with Gasteiger partial charge in [0.05, 0.1) is 12.1 Å². The van der Waals surface area contributed by atoms with Gasteiger partial charge >= 0.3 is 0 Å². The third-order valence-corrected chi connectivity index (χ3v) is 4.55. The maximum absolute atomic E-state index is 5.79. The summed E-state index contributed by atoms with van der Waals surface area (Å²) in [7, 11) is 3.81. The smallest absolute Gasteiger partial charge is 0.0814 e. The van der Waals surface area contributed by atoms with Gasteiger partial charge in [-0.15, -0.1) is 11.3 Å². The summed E-state index contributed by atoms with van der Waals surface area (Å²) < 4.78 is 7.14. The number of methoxy groups -OCH3 is 1. The minimum atomic E-state index is 0.0852. The van der Waals surface area contributed by atoms with Gasteiger partial charge < -0.3 is 10.1 Å². The number of benzene rings is 1. The van der Waals surface area contributed by atoms with Crippen molar-refractivity contribution in [2.75, 3.05) is 14.2 Å². The lowest BCUT2D eigenvalue weighted by Gasteiger charge is -2.36. The Bertz CT molecular complexity index is 541. The van der Waals surface area contributed by atoms with E-state index >= 15 is 0 Å². The fourth-order valence-electron chi connectivity index (χ4n) is 2.72. The van der Waals surface area contributed by atoms with Crippen molar-refractivity contribution in [3.05, 3.63) is 35.2 Å². The molecule has 104 valence electrons. The van der Waals surface area contributed by atoms with Gasteiger partial charge in [0.2, 0.25) is 0 Å². The van der Waals surface area contributed by atoms with Crippen molar-refractivity contribution in [1.29, 1.82) is 0 Å². The maximum atomic E-state index is 5.79. The summed E-state index contributed by atoms with van der Waals surface area (Å²) in [5, 5.41) is 6.90. The van der Waals surface area contributed by atoms with E-state index in [0.29, 0.717) is 0 Å². The average molecular weight is 277 g/mol. The molecule has 0 aliphatic carbocycles. The standard InChI is InChI=1S/C16H23NOS/c1-16(2,3)15(18-5)13(17-4)12-8-6-7-11-9-10-19-14(11)12/h6-10,13,15,17H,1-5H3. The number of thiophene rings is 1. The van der Waals surface area contributed by atoms with Crippen molar-refractivity contribution in [2.24, 2.45) is 5.41 Å². The highest BCUT2D eigenvalue weighted by atomic mass is 32.1. The van der Waals surface area contributed by atoms with E-state index < -0.39 is 0 Å². The van der Waals surface area contributed by atoms with Crippen molar-refractivity contribution >= 4 is 21.4 Å². The van der Waals surface area contributed by atoms with Gasteiger partial charge in [-0.25, -0.2) is 0 Å². The van der Waals surface area contributed by atoms with Crippen LogP contribution in [0.2, 0.25) is 0 Å². The van der Waals surface area contributed by atoms with E-state index in [2.05, 4.69) is 55.7 Å². The van der Waals surface area contributed by atoms with Gasteiger partial charge in [0, 0.05) is 11.8 Å².